The molecule has 0 heterocycles. The van der Waals surface area contributed by atoms with Crippen molar-refractivity contribution in [3.8, 4) is 0 Å². The van der Waals surface area contributed by atoms with Gasteiger partial charge in [-0.3, -0.25) is 4.79 Å². The van der Waals surface area contributed by atoms with Crippen molar-refractivity contribution in [3.05, 3.63) is 75.8 Å². The lowest BCUT2D eigenvalue weighted by molar-refractivity contribution is -0.117. The second-order valence-electron chi connectivity index (χ2n) is 5.44. The van der Waals surface area contributed by atoms with Crippen molar-refractivity contribution in [1.82, 2.24) is 5.32 Å². The van der Waals surface area contributed by atoms with Gasteiger partial charge in [0.1, 0.15) is 0 Å². The van der Waals surface area contributed by atoms with E-state index in [2.05, 4.69) is 17.4 Å². The molecule has 0 aliphatic rings. The summed E-state index contributed by atoms with van der Waals surface area (Å²) < 4.78 is 0. The fourth-order valence-electron chi connectivity index (χ4n) is 2.18. The predicted octanol–water partition coefficient (Wildman–Crippen LogP) is 5.14. The molecule has 0 spiro atoms. The minimum Gasteiger partial charge on any atom is -0.350 e. The SMILES string of the molecule is CC(CCc1ccccc1)NC(=O)/C=C/c1ccc(Cl)c(Cl)c1. The van der Waals surface area contributed by atoms with Crippen molar-refractivity contribution < 1.29 is 4.79 Å². The summed E-state index contributed by atoms with van der Waals surface area (Å²) in [6.45, 7) is 2.01. The molecular weight excluding hydrogens is 329 g/mol. The lowest BCUT2D eigenvalue weighted by Gasteiger charge is -2.12. The third kappa shape index (κ3) is 6.09. The quantitative estimate of drug-likeness (QED) is 0.719. The predicted molar refractivity (Wildman–Crippen MR) is 97.9 cm³/mol. The van der Waals surface area contributed by atoms with Crippen LogP contribution >= 0.6 is 23.2 Å². The van der Waals surface area contributed by atoms with Crippen LogP contribution in [-0.2, 0) is 11.2 Å². The van der Waals surface area contributed by atoms with E-state index in [0.717, 1.165) is 18.4 Å². The standard InChI is InChI=1S/C19H19Cl2NO/c1-14(7-8-15-5-3-2-4-6-15)22-19(23)12-10-16-9-11-17(20)18(21)13-16/h2-6,9-14H,7-8H2,1H3,(H,22,23)/b12-10+. The van der Waals surface area contributed by atoms with Crippen molar-refractivity contribution in [2.24, 2.45) is 0 Å². The number of amides is 1. The van der Waals surface area contributed by atoms with E-state index in [4.69, 9.17) is 23.2 Å². The number of nitrogens with one attached hydrogen (secondary N) is 1. The number of hydrogen-bond donors (Lipinski definition) is 1. The number of carbonyl (C=O) groups excluding carboxylic acids is 1. The van der Waals surface area contributed by atoms with Crippen LogP contribution in [0, 0.1) is 0 Å². The number of benzene rings is 2. The van der Waals surface area contributed by atoms with Crippen LogP contribution in [0.25, 0.3) is 6.08 Å². The Balaban J connectivity index is 1.81. The van der Waals surface area contributed by atoms with Gasteiger partial charge < -0.3 is 5.32 Å². The molecule has 2 rings (SSSR count). The van der Waals surface area contributed by atoms with Crippen molar-refractivity contribution >= 4 is 35.2 Å². The van der Waals surface area contributed by atoms with Crippen LogP contribution in [0.1, 0.15) is 24.5 Å². The smallest absolute Gasteiger partial charge is 0.244 e. The van der Waals surface area contributed by atoms with Crippen molar-refractivity contribution in [3.63, 3.8) is 0 Å². The highest BCUT2D eigenvalue weighted by molar-refractivity contribution is 6.42. The van der Waals surface area contributed by atoms with Crippen molar-refractivity contribution in [1.29, 1.82) is 0 Å². The summed E-state index contributed by atoms with van der Waals surface area (Å²) in [7, 11) is 0. The first-order valence-electron chi connectivity index (χ1n) is 7.52. The van der Waals surface area contributed by atoms with Gasteiger partial charge in [-0.25, -0.2) is 0 Å². The van der Waals surface area contributed by atoms with Crippen LogP contribution < -0.4 is 5.32 Å². The molecule has 2 nitrogen and oxygen atoms in total. The van der Waals surface area contributed by atoms with Crippen LogP contribution in [0.5, 0.6) is 0 Å². The fourth-order valence-corrected chi connectivity index (χ4v) is 2.49. The molecule has 0 saturated carbocycles. The fraction of sp³-hybridized carbons (Fsp3) is 0.211. The summed E-state index contributed by atoms with van der Waals surface area (Å²) in [5, 5.41) is 3.94. The first kappa shape index (κ1) is 17.6. The molecule has 2 aromatic carbocycles. The molecule has 0 aliphatic heterocycles. The molecule has 1 amide bonds. The number of rotatable bonds is 6. The molecule has 1 atom stereocenters. The zero-order valence-electron chi connectivity index (χ0n) is 12.9. The molecule has 0 bridgehead atoms. The lowest BCUT2D eigenvalue weighted by Crippen LogP contribution is -2.31. The Morgan fingerprint density at radius 2 is 1.87 bits per heavy atom. The third-order valence-corrected chi connectivity index (χ3v) is 4.21. The van der Waals surface area contributed by atoms with Gasteiger partial charge in [0.15, 0.2) is 0 Å². The van der Waals surface area contributed by atoms with Gasteiger partial charge in [-0.2, -0.15) is 0 Å². The van der Waals surface area contributed by atoms with Crippen LogP contribution in [0.3, 0.4) is 0 Å². The van der Waals surface area contributed by atoms with E-state index in [1.165, 1.54) is 11.6 Å². The first-order chi connectivity index (χ1) is 11.0. The molecular formula is C19H19Cl2NO. The van der Waals surface area contributed by atoms with Crippen LogP contribution in [0.2, 0.25) is 10.0 Å². The molecule has 1 unspecified atom stereocenters. The van der Waals surface area contributed by atoms with E-state index in [1.54, 1.807) is 18.2 Å². The zero-order valence-corrected chi connectivity index (χ0v) is 14.4. The molecule has 23 heavy (non-hydrogen) atoms. The Bertz CT molecular complexity index is 683. The molecule has 0 aromatic heterocycles. The topological polar surface area (TPSA) is 29.1 Å². The maximum atomic E-state index is 11.9. The van der Waals surface area contributed by atoms with Crippen LogP contribution in [0.15, 0.2) is 54.6 Å². The van der Waals surface area contributed by atoms with Crippen molar-refractivity contribution in [2.45, 2.75) is 25.8 Å². The Morgan fingerprint density at radius 3 is 2.57 bits per heavy atom. The van der Waals surface area contributed by atoms with E-state index in [0.29, 0.717) is 10.0 Å². The zero-order chi connectivity index (χ0) is 16.7. The second kappa shape index (κ2) is 8.76. The van der Waals surface area contributed by atoms with Crippen LogP contribution in [-0.4, -0.2) is 11.9 Å². The van der Waals surface area contributed by atoms with E-state index in [-0.39, 0.29) is 11.9 Å². The molecule has 0 aliphatic carbocycles. The average Bonchev–Trinajstić information content (AvgIpc) is 2.55. The van der Waals surface area contributed by atoms with Crippen molar-refractivity contribution in [2.75, 3.05) is 0 Å². The number of halogens is 2. The van der Waals surface area contributed by atoms with Gasteiger partial charge in [0.25, 0.3) is 0 Å². The molecule has 0 radical (unpaired) electrons. The van der Waals surface area contributed by atoms with Gasteiger partial charge in [-0.05, 0) is 49.1 Å². The van der Waals surface area contributed by atoms with Gasteiger partial charge in [0.05, 0.1) is 10.0 Å². The van der Waals surface area contributed by atoms with Gasteiger partial charge in [-0.15, -0.1) is 0 Å². The average molecular weight is 348 g/mol. The Labute approximate surface area is 147 Å². The highest BCUT2D eigenvalue weighted by Crippen LogP contribution is 2.23. The molecule has 120 valence electrons. The Hall–Kier alpha value is -1.77. The van der Waals surface area contributed by atoms with E-state index >= 15 is 0 Å². The summed E-state index contributed by atoms with van der Waals surface area (Å²) in [5.74, 6) is -0.114. The molecule has 2 aromatic rings. The van der Waals surface area contributed by atoms with E-state index in [1.807, 2.05) is 31.2 Å². The minimum absolute atomic E-state index is 0.112. The molecule has 4 heteroatoms. The van der Waals surface area contributed by atoms with E-state index < -0.39 is 0 Å². The monoisotopic (exact) mass is 347 g/mol. The summed E-state index contributed by atoms with van der Waals surface area (Å²) in [6.07, 6.45) is 5.08. The number of carbonyl (C=O) groups is 1. The number of aryl methyl sites for hydroxylation is 1. The second-order valence-corrected chi connectivity index (χ2v) is 6.26. The van der Waals surface area contributed by atoms with Gasteiger partial charge in [0.2, 0.25) is 5.91 Å². The summed E-state index contributed by atoms with van der Waals surface area (Å²) in [5.41, 5.74) is 2.12. The van der Waals surface area contributed by atoms with E-state index in [9.17, 15) is 4.79 Å². The maximum Gasteiger partial charge on any atom is 0.244 e. The number of hydrogen-bond acceptors (Lipinski definition) is 1. The van der Waals surface area contributed by atoms with Crippen LogP contribution in [0.4, 0.5) is 0 Å². The normalized spacial score (nSPS) is 12.3. The Kier molecular flexibility index (Phi) is 6.69. The largest absolute Gasteiger partial charge is 0.350 e. The molecule has 1 N–H and O–H groups in total. The van der Waals surface area contributed by atoms with Gasteiger partial charge in [-0.1, -0.05) is 59.6 Å². The lowest BCUT2D eigenvalue weighted by atomic mass is 10.1. The molecule has 0 saturated heterocycles. The van der Waals surface area contributed by atoms with Gasteiger partial charge >= 0.3 is 0 Å². The highest BCUT2D eigenvalue weighted by Gasteiger charge is 2.05. The maximum absolute atomic E-state index is 11.9. The Morgan fingerprint density at radius 1 is 1.13 bits per heavy atom. The highest BCUT2D eigenvalue weighted by atomic mass is 35.5. The first-order valence-corrected chi connectivity index (χ1v) is 8.28. The van der Waals surface area contributed by atoms with Gasteiger partial charge in [0, 0.05) is 12.1 Å². The minimum atomic E-state index is -0.114. The summed E-state index contributed by atoms with van der Waals surface area (Å²) in [4.78, 5) is 11.9. The summed E-state index contributed by atoms with van der Waals surface area (Å²) in [6, 6.07) is 15.6. The molecule has 0 fully saturated rings. The third-order valence-electron chi connectivity index (χ3n) is 3.47. The summed E-state index contributed by atoms with van der Waals surface area (Å²) >= 11 is 11.8.